The predicted octanol–water partition coefficient (Wildman–Crippen LogP) is 2.54. The molecule has 0 bridgehead atoms. The van der Waals surface area contributed by atoms with Gasteiger partial charge in [-0.25, -0.2) is 9.37 Å². The molecular formula is C15H13FN2O2S. The molecule has 1 fully saturated rings. The summed E-state index contributed by atoms with van der Waals surface area (Å²) in [6.07, 6.45) is 0.675. The van der Waals surface area contributed by atoms with Gasteiger partial charge in [-0.1, -0.05) is 12.1 Å². The highest BCUT2D eigenvalue weighted by atomic mass is 32.1. The number of hydrogen-bond acceptors (Lipinski definition) is 4. The number of benzene rings is 1. The molecule has 1 aliphatic rings. The number of thiazole rings is 1. The third kappa shape index (κ3) is 3.00. The Bertz CT molecular complexity index is 690. The molecule has 0 atom stereocenters. The Balaban J connectivity index is 1.62. The third-order valence-corrected chi connectivity index (χ3v) is 4.28. The monoisotopic (exact) mass is 304 g/mol. The predicted molar refractivity (Wildman–Crippen MR) is 77.1 cm³/mol. The number of halogens is 1. The molecule has 21 heavy (non-hydrogen) atoms. The summed E-state index contributed by atoms with van der Waals surface area (Å²) in [6.45, 7) is 0.308. The van der Waals surface area contributed by atoms with Crippen molar-refractivity contribution < 1.29 is 14.0 Å². The highest BCUT2D eigenvalue weighted by Gasteiger charge is 2.32. The molecule has 0 radical (unpaired) electrons. The van der Waals surface area contributed by atoms with Gasteiger partial charge in [0, 0.05) is 23.8 Å². The average Bonchev–Trinajstić information content (AvgIpc) is 2.90. The van der Waals surface area contributed by atoms with Gasteiger partial charge in [-0.3, -0.25) is 9.59 Å². The van der Waals surface area contributed by atoms with E-state index < -0.39 is 0 Å². The summed E-state index contributed by atoms with van der Waals surface area (Å²) >= 11 is 1.37. The van der Waals surface area contributed by atoms with Gasteiger partial charge in [0.2, 0.25) is 5.91 Å². The van der Waals surface area contributed by atoms with E-state index in [0.29, 0.717) is 35.7 Å². The molecule has 1 amide bonds. The maximum Gasteiger partial charge on any atom is 0.224 e. The van der Waals surface area contributed by atoms with E-state index in [4.69, 9.17) is 0 Å². The summed E-state index contributed by atoms with van der Waals surface area (Å²) in [4.78, 5) is 26.9. The van der Waals surface area contributed by atoms with Crippen molar-refractivity contribution in [1.82, 2.24) is 10.3 Å². The lowest BCUT2D eigenvalue weighted by Crippen LogP contribution is -2.38. The van der Waals surface area contributed by atoms with Crippen LogP contribution in [0.3, 0.4) is 0 Å². The Morgan fingerprint density at radius 3 is 2.86 bits per heavy atom. The first-order valence-corrected chi connectivity index (χ1v) is 7.50. The van der Waals surface area contributed by atoms with Gasteiger partial charge < -0.3 is 5.32 Å². The molecule has 1 heterocycles. The van der Waals surface area contributed by atoms with Crippen LogP contribution in [-0.2, 0) is 16.1 Å². The number of Topliss-reactive ketones (excluding diaryl/α,β-unsaturated/α-hetero) is 1. The van der Waals surface area contributed by atoms with Crippen LogP contribution >= 0.6 is 11.3 Å². The van der Waals surface area contributed by atoms with Crippen molar-refractivity contribution in [3.05, 3.63) is 40.5 Å². The Hall–Kier alpha value is -2.08. The maximum absolute atomic E-state index is 13.7. The molecule has 1 aliphatic carbocycles. The van der Waals surface area contributed by atoms with Gasteiger partial charge in [-0.05, 0) is 12.1 Å². The van der Waals surface area contributed by atoms with Gasteiger partial charge in [0.15, 0.2) is 0 Å². The fourth-order valence-electron chi connectivity index (χ4n) is 2.17. The van der Waals surface area contributed by atoms with Gasteiger partial charge in [0.25, 0.3) is 0 Å². The zero-order valence-electron chi connectivity index (χ0n) is 11.1. The number of rotatable bonds is 4. The van der Waals surface area contributed by atoms with Crippen molar-refractivity contribution in [1.29, 1.82) is 0 Å². The second-order valence-electron chi connectivity index (χ2n) is 4.97. The van der Waals surface area contributed by atoms with Gasteiger partial charge in [-0.15, -0.1) is 11.3 Å². The lowest BCUT2D eigenvalue weighted by atomic mass is 9.83. The Morgan fingerprint density at radius 1 is 1.38 bits per heavy atom. The number of hydrogen-bond donors (Lipinski definition) is 1. The molecule has 1 N–H and O–H groups in total. The molecule has 1 saturated carbocycles. The lowest BCUT2D eigenvalue weighted by Gasteiger charge is -2.22. The largest absolute Gasteiger partial charge is 0.349 e. The van der Waals surface area contributed by atoms with Crippen LogP contribution in [0.1, 0.15) is 17.8 Å². The van der Waals surface area contributed by atoms with Gasteiger partial charge in [0.1, 0.15) is 16.6 Å². The minimum atomic E-state index is -0.314. The first-order valence-electron chi connectivity index (χ1n) is 6.62. The fraction of sp³-hybridized carbons (Fsp3) is 0.267. The molecular weight excluding hydrogens is 291 g/mol. The van der Waals surface area contributed by atoms with Crippen LogP contribution in [0.25, 0.3) is 11.3 Å². The van der Waals surface area contributed by atoms with Crippen molar-refractivity contribution in [2.45, 2.75) is 19.4 Å². The number of aromatic nitrogens is 1. The van der Waals surface area contributed by atoms with Gasteiger partial charge >= 0.3 is 0 Å². The third-order valence-electron chi connectivity index (χ3n) is 3.43. The van der Waals surface area contributed by atoms with Crippen LogP contribution in [0.4, 0.5) is 4.39 Å². The first kappa shape index (κ1) is 13.9. The molecule has 108 valence electrons. The van der Waals surface area contributed by atoms with E-state index in [-0.39, 0.29) is 23.4 Å². The van der Waals surface area contributed by atoms with E-state index in [1.54, 1.807) is 23.6 Å². The van der Waals surface area contributed by atoms with Crippen molar-refractivity contribution >= 4 is 23.0 Å². The number of carbonyl (C=O) groups is 2. The van der Waals surface area contributed by atoms with Crippen molar-refractivity contribution in [2.24, 2.45) is 5.92 Å². The number of nitrogens with zero attached hydrogens (tertiary/aromatic N) is 1. The zero-order chi connectivity index (χ0) is 14.8. The van der Waals surface area contributed by atoms with Crippen LogP contribution in [0.15, 0.2) is 29.6 Å². The standard InChI is InChI=1S/C15H13FN2O2S/c16-12-4-2-1-3-11(12)13-8-21-14(18-13)7-17-15(20)9-5-10(19)6-9/h1-4,8-9H,5-7H2,(H,17,20). The van der Waals surface area contributed by atoms with Gasteiger partial charge in [0.05, 0.1) is 18.2 Å². The second kappa shape index (κ2) is 5.73. The molecule has 0 unspecified atom stereocenters. The summed E-state index contributed by atoms with van der Waals surface area (Å²) in [5.74, 6) is -0.488. The number of carbonyl (C=O) groups excluding carboxylic acids is 2. The molecule has 0 saturated heterocycles. The van der Waals surface area contributed by atoms with E-state index >= 15 is 0 Å². The van der Waals surface area contributed by atoms with E-state index in [1.165, 1.54) is 17.4 Å². The Labute approximate surface area is 125 Å². The van der Waals surface area contributed by atoms with E-state index in [0.717, 1.165) is 0 Å². The first-order chi connectivity index (χ1) is 10.1. The number of nitrogens with one attached hydrogen (secondary N) is 1. The summed E-state index contributed by atoms with van der Waals surface area (Å²) in [7, 11) is 0. The minimum absolute atomic E-state index is 0.114. The average molecular weight is 304 g/mol. The Morgan fingerprint density at radius 2 is 2.14 bits per heavy atom. The van der Waals surface area contributed by atoms with Crippen molar-refractivity contribution in [2.75, 3.05) is 0 Å². The SMILES string of the molecule is O=C1CC(C(=O)NCc2nc(-c3ccccc3F)cs2)C1. The van der Waals surface area contributed by atoms with Gasteiger partial charge in [-0.2, -0.15) is 0 Å². The van der Waals surface area contributed by atoms with Crippen LogP contribution in [0.5, 0.6) is 0 Å². The van der Waals surface area contributed by atoms with Crippen molar-refractivity contribution in [3.63, 3.8) is 0 Å². The number of amides is 1. The summed E-state index contributed by atoms with van der Waals surface area (Å²) in [5.41, 5.74) is 1.03. The fourth-order valence-corrected chi connectivity index (χ4v) is 2.90. The van der Waals surface area contributed by atoms with Crippen LogP contribution < -0.4 is 5.32 Å². The topological polar surface area (TPSA) is 59.1 Å². The van der Waals surface area contributed by atoms with Crippen LogP contribution in [0.2, 0.25) is 0 Å². The highest BCUT2D eigenvalue weighted by Crippen LogP contribution is 2.25. The second-order valence-corrected chi connectivity index (χ2v) is 5.91. The van der Waals surface area contributed by atoms with Crippen LogP contribution in [-0.4, -0.2) is 16.7 Å². The molecule has 4 nitrogen and oxygen atoms in total. The molecule has 0 aliphatic heterocycles. The molecule has 2 aromatic rings. The normalized spacial score (nSPS) is 14.8. The lowest BCUT2D eigenvalue weighted by molar-refractivity contribution is -0.138. The molecule has 1 aromatic heterocycles. The molecule has 1 aromatic carbocycles. The summed E-state index contributed by atoms with van der Waals surface area (Å²) in [5, 5.41) is 5.25. The van der Waals surface area contributed by atoms with E-state index in [2.05, 4.69) is 10.3 Å². The molecule has 0 spiro atoms. The Kier molecular flexibility index (Phi) is 3.79. The number of ketones is 1. The summed E-state index contributed by atoms with van der Waals surface area (Å²) in [6, 6.07) is 6.45. The van der Waals surface area contributed by atoms with E-state index in [9.17, 15) is 14.0 Å². The molecule has 6 heteroatoms. The quantitative estimate of drug-likeness (QED) is 0.944. The van der Waals surface area contributed by atoms with Crippen LogP contribution in [0, 0.1) is 11.7 Å². The minimum Gasteiger partial charge on any atom is -0.349 e. The zero-order valence-corrected chi connectivity index (χ0v) is 12.0. The maximum atomic E-state index is 13.7. The molecule has 3 rings (SSSR count). The van der Waals surface area contributed by atoms with Crippen molar-refractivity contribution in [3.8, 4) is 11.3 Å². The van der Waals surface area contributed by atoms with E-state index in [1.807, 2.05) is 0 Å². The smallest absolute Gasteiger partial charge is 0.224 e. The summed E-state index contributed by atoms with van der Waals surface area (Å²) < 4.78 is 13.7. The highest BCUT2D eigenvalue weighted by molar-refractivity contribution is 7.09.